The Hall–Kier alpha value is -2.37. The van der Waals surface area contributed by atoms with E-state index in [1.165, 1.54) is 12.4 Å². The molecule has 0 amide bonds. The molecule has 1 heterocycles. The van der Waals surface area contributed by atoms with Crippen LogP contribution in [0.3, 0.4) is 0 Å². The molecule has 0 bridgehead atoms. The average Bonchev–Trinajstić information content (AvgIpc) is 2.30. The zero-order chi connectivity index (χ0) is 13.3. The number of halogens is 1. The largest absolute Gasteiger partial charge is 0.270 e. The van der Waals surface area contributed by atoms with Crippen LogP contribution in [0.2, 0.25) is 0 Å². The average molecular weight is 247 g/mol. The summed E-state index contributed by atoms with van der Waals surface area (Å²) >= 11 is 0. The van der Waals surface area contributed by atoms with Crippen molar-refractivity contribution in [2.24, 2.45) is 0 Å². The quantitative estimate of drug-likeness (QED) is 0.604. The Balaban J connectivity index is 2.70. The van der Waals surface area contributed by atoms with Crippen molar-refractivity contribution in [3.05, 3.63) is 51.8 Å². The summed E-state index contributed by atoms with van der Waals surface area (Å²) in [6.07, 6.45) is 1.38. The maximum absolute atomic E-state index is 13.8. The lowest BCUT2D eigenvalue weighted by molar-refractivity contribution is -0.384. The summed E-state index contributed by atoms with van der Waals surface area (Å²) in [5, 5.41) is 10.7. The minimum atomic E-state index is -0.558. The van der Waals surface area contributed by atoms with Gasteiger partial charge >= 0.3 is 0 Å². The highest BCUT2D eigenvalue weighted by atomic mass is 19.1. The summed E-state index contributed by atoms with van der Waals surface area (Å²) in [4.78, 5) is 18.1. The molecule has 0 N–H and O–H groups in total. The highest BCUT2D eigenvalue weighted by Gasteiger charge is 2.16. The van der Waals surface area contributed by atoms with Gasteiger partial charge in [-0.3, -0.25) is 10.1 Å². The van der Waals surface area contributed by atoms with Gasteiger partial charge in [0.1, 0.15) is 12.1 Å². The fourth-order valence-corrected chi connectivity index (χ4v) is 1.80. The van der Waals surface area contributed by atoms with Gasteiger partial charge in [0.15, 0.2) is 0 Å². The first-order valence-corrected chi connectivity index (χ1v) is 5.23. The van der Waals surface area contributed by atoms with E-state index in [-0.39, 0.29) is 11.3 Å². The van der Waals surface area contributed by atoms with Gasteiger partial charge in [-0.2, -0.15) is 0 Å². The van der Waals surface area contributed by atoms with E-state index < -0.39 is 10.7 Å². The minimum Gasteiger partial charge on any atom is -0.258 e. The third-order valence-electron chi connectivity index (χ3n) is 2.66. The van der Waals surface area contributed by atoms with Gasteiger partial charge in [0.25, 0.3) is 5.69 Å². The van der Waals surface area contributed by atoms with Gasteiger partial charge in [-0.25, -0.2) is 14.4 Å². The fraction of sp³-hybridized carbons (Fsp3) is 0.167. The molecule has 92 valence electrons. The highest BCUT2D eigenvalue weighted by molar-refractivity contribution is 5.70. The van der Waals surface area contributed by atoms with Crippen LogP contribution in [0.4, 0.5) is 10.1 Å². The number of hydrogen-bond acceptors (Lipinski definition) is 4. The number of aryl methyl sites for hydroxylation is 2. The molecule has 2 rings (SSSR count). The second kappa shape index (κ2) is 4.48. The standard InChI is InChI=1S/C12H10FN3O2/c1-7-12(8(2)15-6-14-7)10-5-9(16(17)18)3-4-11(10)13/h3-6H,1-2H3. The minimum absolute atomic E-state index is 0.153. The molecule has 5 nitrogen and oxygen atoms in total. The smallest absolute Gasteiger partial charge is 0.258 e. The topological polar surface area (TPSA) is 68.9 Å². The second-order valence-corrected chi connectivity index (χ2v) is 3.84. The van der Waals surface area contributed by atoms with E-state index in [1.54, 1.807) is 13.8 Å². The molecule has 0 unspecified atom stereocenters. The summed E-state index contributed by atoms with van der Waals surface area (Å²) < 4.78 is 13.8. The maximum Gasteiger partial charge on any atom is 0.270 e. The fourth-order valence-electron chi connectivity index (χ4n) is 1.80. The summed E-state index contributed by atoms with van der Waals surface area (Å²) in [5.41, 5.74) is 1.66. The van der Waals surface area contributed by atoms with Crippen molar-refractivity contribution in [1.29, 1.82) is 0 Å². The molecule has 0 aliphatic rings. The van der Waals surface area contributed by atoms with Gasteiger partial charge in [-0.05, 0) is 19.9 Å². The van der Waals surface area contributed by atoms with E-state index in [9.17, 15) is 14.5 Å². The Labute approximate surface area is 102 Å². The van der Waals surface area contributed by atoms with Crippen molar-refractivity contribution < 1.29 is 9.31 Å². The van der Waals surface area contributed by atoms with E-state index in [0.717, 1.165) is 12.1 Å². The molecule has 0 atom stereocenters. The van der Waals surface area contributed by atoms with Crippen LogP contribution in [0.25, 0.3) is 11.1 Å². The number of non-ortho nitro benzene ring substituents is 1. The molecule has 1 aromatic heterocycles. The zero-order valence-electron chi connectivity index (χ0n) is 9.85. The number of nitro groups is 1. The predicted molar refractivity (Wildman–Crippen MR) is 63.6 cm³/mol. The van der Waals surface area contributed by atoms with Crippen LogP contribution < -0.4 is 0 Å². The maximum atomic E-state index is 13.8. The Morgan fingerprint density at radius 1 is 1.22 bits per heavy atom. The number of nitro benzene ring substituents is 1. The molecule has 0 aliphatic carbocycles. The lowest BCUT2D eigenvalue weighted by atomic mass is 10.0. The van der Waals surface area contributed by atoms with E-state index in [0.29, 0.717) is 17.0 Å². The summed E-state index contributed by atoms with van der Waals surface area (Å²) in [6, 6.07) is 3.42. The SMILES string of the molecule is Cc1ncnc(C)c1-c1cc([N+](=O)[O-])ccc1F. The summed E-state index contributed by atoms with van der Waals surface area (Å²) in [7, 11) is 0. The van der Waals surface area contributed by atoms with Gasteiger partial charge in [0.05, 0.1) is 4.92 Å². The van der Waals surface area contributed by atoms with Crippen LogP contribution in [0.1, 0.15) is 11.4 Å². The third kappa shape index (κ3) is 2.04. The molecular formula is C12H10FN3O2. The number of benzene rings is 1. The molecule has 1 aromatic carbocycles. The van der Waals surface area contributed by atoms with Crippen molar-refractivity contribution in [3.8, 4) is 11.1 Å². The first-order valence-electron chi connectivity index (χ1n) is 5.23. The lowest BCUT2D eigenvalue weighted by Gasteiger charge is -2.08. The van der Waals surface area contributed by atoms with E-state index in [2.05, 4.69) is 9.97 Å². The molecule has 6 heteroatoms. The Kier molecular flexibility index (Phi) is 3.01. The van der Waals surface area contributed by atoms with Gasteiger partial charge in [-0.15, -0.1) is 0 Å². The Bertz CT molecular complexity index is 608. The number of rotatable bonds is 2. The number of nitrogens with zero attached hydrogens (tertiary/aromatic N) is 3. The number of aromatic nitrogens is 2. The van der Waals surface area contributed by atoms with Crippen molar-refractivity contribution in [2.75, 3.05) is 0 Å². The van der Waals surface area contributed by atoms with Gasteiger partial charge in [0, 0.05) is 34.6 Å². The Morgan fingerprint density at radius 2 is 1.83 bits per heavy atom. The van der Waals surface area contributed by atoms with Crippen LogP contribution >= 0.6 is 0 Å². The zero-order valence-corrected chi connectivity index (χ0v) is 9.85. The molecule has 2 aromatic rings. The first-order chi connectivity index (χ1) is 8.50. The van der Waals surface area contributed by atoms with E-state index in [4.69, 9.17) is 0 Å². The van der Waals surface area contributed by atoms with Crippen LogP contribution in [0, 0.1) is 29.8 Å². The lowest BCUT2D eigenvalue weighted by Crippen LogP contribution is -1.98. The van der Waals surface area contributed by atoms with Crippen LogP contribution in [-0.4, -0.2) is 14.9 Å². The predicted octanol–water partition coefficient (Wildman–Crippen LogP) is 2.81. The van der Waals surface area contributed by atoms with Gasteiger partial charge < -0.3 is 0 Å². The van der Waals surface area contributed by atoms with Crippen LogP contribution in [0.15, 0.2) is 24.5 Å². The Morgan fingerprint density at radius 3 is 2.39 bits per heavy atom. The number of hydrogen-bond donors (Lipinski definition) is 0. The van der Waals surface area contributed by atoms with Gasteiger partial charge in [-0.1, -0.05) is 0 Å². The second-order valence-electron chi connectivity index (χ2n) is 3.84. The molecule has 0 saturated heterocycles. The van der Waals surface area contributed by atoms with Crippen molar-refractivity contribution in [2.45, 2.75) is 13.8 Å². The molecule has 0 aliphatic heterocycles. The normalized spacial score (nSPS) is 10.4. The van der Waals surface area contributed by atoms with Crippen molar-refractivity contribution in [3.63, 3.8) is 0 Å². The molecule has 0 fully saturated rings. The van der Waals surface area contributed by atoms with Crippen LogP contribution in [0.5, 0.6) is 0 Å². The molecule has 0 saturated carbocycles. The van der Waals surface area contributed by atoms with Crippen molar-refractivity contribution >= 4 is 5.69 Å². The molecule has 0 spiro atoms. The molecular weight excluding hydrogens is 237 g/mol. The third-order valence-corrected chi connectivity index (χ3v) is 2.66. The molecule has 18 heavy (non-hydrogen) atoms. The van der Waals surface area contributed by atoms with E-state index in [1.807, 2.05) is 0 Å². The van der Waals surface area contributed by atoms with Gasteiger partial charge in [0.2, 0.25) is 0 Å². The van der Waals surface area contributed by atoms with E-state index >= 15 is 0 Å². The summed E-state index contributed by atoms with van der Waals surface area (Å²) in [6.45, 7) is 3.42. The van der Waals surface area contributed by atoms with Crippen LogP contribution in [-0.2, 0) is 0 Å². The molecule has 0 radical (unpaired) electrons. The van der Waals surface area contributed by atoms with Crippen molar-refractivity contribution in [1.82, 2.24) is 9.97 Å². The first kappa shape index (κ1) is 12.1. The highest BCUT2D eigenvalue weighted by Crippen LogP contribution is 2.30. The summed E-state index contributed by atoms with van der Waals surface area (Å²) in [5.74, 6) is -0.526. The monoisotopic (exact) mass is 247 g/mol.